The van der Waals surface area contributed by atoms with Gasteiger partial charge in [0, 0.05) is 18.8 Å². The molecule has 3 heteroatoms. The van der Waals surface area contributed by atoms with E-state index >= 15 is 0 Å². The Balaban J connectivity index is 1.84. The topological polar surface area (TPSA) is 42.0 Å². The second kappa shape index (κ2) is 5.45. The van der Waals surface area contributed by atoms with E-state index < -0.39 is 0 Å². The number of piperidine rings is 1. The number of nitrogens with one attached hydrogen (secondary N) is 1. The molecule has 3 rings (SSSR count). The third-order valence-electron chi connectivity index (χ3n) is 3.88. The van der Waals surface area contributed by atoms with Gasteiger partial charge in [-0.15, -0.1) is 0 Å². The Morgan fingerprint density at radius 1 is 1.20 bits per heavy atom. The lowest BCUT2D eigenvalue weighted by atomic mass is 9.94. The average Bonchev–Trinajstić information content (AvgIpc) is 2.48. The highest BCUT2D eigenvalue weighted by molar-refractivity contribution is 5.77. The Hall–Kier alpha value is -2.16. The second-order valence-corrected chi connectivity index (χ2v) is 5.32. The molecule has 1 amide bonds. The van der Waals surface area contributed by atoms with E-state index in [1.54, 1.807) is 0 Å². The maximum absolute atomic E-state index is 11.5. The summed E-state index contributed by atoms with van der Waals surface area (Å²) in [5, 5.41) is 3.05. The van der Waals surface area contributed by atoms with Gasteiger partial charge in [-0.3, -0.25) is 9.78 Å². The molecule has 1 unspecified atom stereocenters. The molecule has 1 fully saturated rings. The van der Waals surface area contributed by atoms with Crippen molar-refractivity contribution in [3.05, 3.63) is 53.9 Å². The van der Waals surface area contributed by atoms with Crippen molar-refractivity contribution in [3.8, 4) is 11.1 Å². The molecule has 0 radical (unpaired) electrons. The highest BCUT2D eigenvalue weighted by Crippen LogP contribution is 2.27. The number of hydrogen-bond donors (Lipinski definition) is 1. The summed E-state index contributed by atoms with van der Waals surface area (Å²) in [6, 6.07) is 10.7. The molecule has 1 aromatic heterocycles. The van der Waals surface area contributed by atoms with Crippen LogP contribution in [-0.4, -0.2) is 10.9 Å². The summed E-state index contributed by atoms with van der Waals surface area (Å²) in [7, 11) is 0. The standard InChI is InChI=1S/C17H18N2O/c1-12-11-18-10-9-15(12)13-5-7-14(8-6-13)16-3-2-4-17(20)19-16/h5-11,16H,2-4H2,1H3,(H,19,20). The Morgan fingerprint density at radius 2 is 2.00 bits per heavy atom. The number of aryl methyl sites for hydroxylation is 1. The van der Waals surface area contributed by atoms with E-state index in [0.29, 0.717) is 6.42 Å². The van der Waals surface area contributed by atoms with Crippen molar-refractivity contribution in [2.24, 2.45) is 0 Å². The van der Waals surface area contributed by atoms with Crippen molar-refractivity contribution >= 4 is 5.91 Å². The van der Waals surface area contributed by atoms with Gasteiger partial charge in [-0.25, -0.2) is 0 Å². The molecule has 1 aliphatic rings. The molecule has 0 saturated carbocycles. The molecular formula is C17H18N2O. The van der Waals surface area contributed by atoms with Crippen LogP contribution in [-0.2, 0) is 4.79 Å². The van der Waals surface area contributed by atoms with Crippen molar-refractivity contribution in [2.75, 3.05) is 0 Å². The van der Waals surface area contributed by atoms with E-state index in [1.807, 2.05) is 18.5 Å². The van der Waals surface area contributed by atoms with Crippen molar-refractivity contribution in [1.29, 1.82) is 0 Å². The van der Waals surface area contributed by atoms with Crippen LogP contribution in [0.4, 0.5) is 0 Å². The van der Waals surface area contributed by atoms with Gasteiger partial charge in [0.25, 0.3) is 0 Å². The molecule has 1 aromatic carbocycles. The van der Waals surface area contributed by atoms with Crippen molar-refractivity contribution in [1.82, 2.24) is 10.3 Å². The van der Waals surface area contributed by atoms with Crippen LogP contribution >= 0.6 is 0 Å². The molecule has 2 heterocycles. The van der Waals surface area contributed by atoms with Crippen LogP contribution in [0.25, 0.3) is 11.1 Å². The van der Waals surface area contributed by atoms with Gasteiger partial charge < -0.3 is 5.32 Å². The molecule has 0 spiro atoms. The van der Waals surface area contributed by atoms with Crippen LogP contribution in [0.3, 0.4) is 0 Å². The molecule has 2 aromatic rings. The number of nitrogens with zero attached hydrogens (tertiary/aromatic N) is 1. The molecule has 20 heavy (non-hydrogen) atoms. The van der Waals surface area contributed by atoms with E-state index in [2.05, 4.69) is 41.5 Å². The fourth-order valence-electron chi connectivity index (χ4n) is 2.75. The fourth-order valence-corrected chi connectivity index (χ4v) is 2.75. The van der Waals surface area contributed by atoms with E-state index in [1.165, 1.54) is 22.3 Å². The largest absolute Gasteiger partial charge is 0.349 e. The first kappa shape index (κ1) is 12.9. The molecule has 102 valence electrons. The quantitative estimate of drug-likeness (QED) is 0.905. The van der Waals surface area contributed by atoms with Gasteiger partial charge in [-0.2, -0.15) is 0 Å². The van der Waals surface area contributed by atoms with Gasteiger partial charge in [-0.1, -0.05) is 24.3 Å². The lowest BCUT2D eigenvalue weighted by molar-refractivity contribution is -0.123. The summed E-state index contributed by atoms with van der Waals surface area (Å²) in [5.41, 5.74) is 4.76. The van der Waals surface area contributed by atoms with E-state index in [-0.39, 0.29) is 11.9 Å². The normalized spacial score (nSPS) is 18.6. The summed E-state index contributed by atoms with van der Waals surface area (Å²) in [6.45, 7) is 2.07. The molecule has 1 N–H and O–H groups in total. The number of hydrogen-bond acceptors (Lipinski definition) is 2. The fraction of sp³-hybridized carbons (Fsp3) is 0.294. The Morgan fingerprint density at radius 3 is 2.70 bits per heavy atom. The van der Waals surface area contributed by atoms with Gasteiger partial charge in [0.2, 0.25) is 5.91 Å². The van der Waals surface area contributed by atoms with Crippen LogP contribution in [0.2, 0.25) is 0 Å². The van der Waals surface area contributed by atoms with Crippen LogP contribution in [0.5, 0.6) is 0 Å². The lowest BCUT2D eigenvalue weighted by Gasteiger charge is -2.23. The van der Waals surface area contributed by atoms with Gasteiger partial charge in [0.1, 0.15) is 0 Å². The highest BCUT2D eigenvalue weighted by Gasteiger charge is 2.19. The van der Waals surface area contributed by atoms with Gasteiger partial charge >= 0.3 is 0 Å². The summed E-state index contributed by atoms with van der Waals surface area (Å²) in [5.74, 6) is 0.162. The first-order chi connectivity index (χ1) is 9.74. The highest BCUT2D eigenvalue weighted by atomic mass is 16.1. The van der Waals surface area contributed by atoms with Gasteiger partial charge in [0.15, 0.2) is 0 Å². The third kappa shape index (κ3) is 2.57. The molecule has 1 saturated heterocycles. The number of benzene rings is 1. The summed E-state index contributed by atoms with van der Waals surface area (Å²) in [4.78, 5) is 15.6. The van der Waals surface area contributed by atoms with Crippen molar-refractivity contribution in [2.45, 2.75) is 32.2 Å². The smallest absolute Gasteiger partial charge is 0.220 e. The zero-order valence-electron chi connectivity index (χ0n) is 11.6. The number of carbonyl (C=O) groups is 1. The summed E-state index contributed by atoms with van der Waals surface area (Å²) < 4.78 is 0. The number of aromatic nitrogens is 1. The first-order valence-corrected chi connectivity index (χ1v) is 7.04. The van der Waals surface area contributed by atoms with Crippen molar-refractivity contribution in [3.63, 3.8) is 0 Å². The average molecular weight is 266 g/mol. The van der Waals surface area contributed by atoms with Crippen molar-refractivity contribution < 1.29 is 4.79 Å². The molecule has 0 bridgehead atoms. The zero-order valence-corrected chi connectivity index (χ0v) is 11.6. The Kier molecular flexibility index (Phi) is 3.50. The maximum Gasteiger partial charge on any atom is 0.220 e. The van der Waals surface area contributed by atoms with Crippen LogP contribution in [0, 0.1) is 6.92 Å². The molecule has 1 aliphatic heterocycles. The predicted octanol–water partition coefficient (Wildman–Crippen LogP) is 3.40. The SMILES string of the molecule is Cc1cnccc1-c1ccc(C2CCCC(=O)N2)cc1. The number of carbonyl (C=O) groups excluding carboxylic acids is 1. The second-order valence-electron chi connectivity index (χ2n) is 5.32. The Labute approximate surface area is 119 Å². The first-order valence-electron chi connectivity index (χ1n) is 7.04. The van der Waals surface area contributed by atoms with Gasteiger partial charge in [0.05, 0.1) is 6.04 Å². The lowest BCUT2D eigenvalue weighted by Crippen LogP contribution is -2.32. The molecule has 0 aliphatic carbocycles. The molecular weight excluding hydrogens is 248 g/mol. The van der Waals surface area contributed by atoms with Crippen LogP contribution < -0.4 is 5.32 Å². The number of pyridine rings is 1. The monoisotopic (exact) mass is 266 g/mol. The molecule has 1 atom stereocenters. The van der Waals surface area contributed by atoms with Gasteiger partial charge in [-0.05, 0) is 48.1 Å². The third-order valence-corrected chi connectivity index (χ3v) is 3.88. The van der Waals surface area contributed by atoms with Crippen LogP contribution in [0.15, 0.2) is 42.7 Å². The number of rotatable bonds is 2. The predicted molar refractivity (Wildman–Crippen MR) is 79.1 cm³/mol. The Bertz CT molecular complexity index is 619. The summed E-state index contributed by atoms with van der Waals surface area (Å²) in [6.07, 6.45) is 6.36. The minimum absolute atomic E-state index is 0.162. The zero-order chi connectivity index (χ0) is 13.9. The minimum atomic E-state index is 0.162. The van der Waals surface area contributed by atoms with E-state index in [4.69, 9.17) is 0 Å². The van der Waals surface area contributed by atoms with E-state index in [9.17, 15) is 4.79 Å². The number of amides is 1. The minimum Gasteiger partial charge on any atom is -0.349 e. The van der Waals surface area contributed by atoms with Crippen LogP contribution in [0.1, 0.15) is 36.4 Å². The summed E-state index contributed by atoms with van der Waals surface area (Å²) >= 11 is 0. The maximum atomic E-state index is 11.5. The van der Waals surface area contributed by atoms with E-state index in [0.717, 1.165) is 12.8 Å². The molecule has 3 nitrogen and oxygen atoms in total.